The molecule has 132 valence electrons. The van der Waals surface area contributed by atoms with Crippen LogP contribution in [0, 0.1) is 12.8 Å². The maximum atomic E-state index is 14.6. The van der Waals surface area contributed by atoms with Crippen molar-refractivity contribution in [3.8, 4) is 0 Å². The quantitative estimate of drug-likeness (QED) is 0.895. The van der Waals surface area contributed by atoms with Gasteiger partial charge in [-0.05, 0) is 42.5 Å². The molecule has 1 aromatic carbocycles. The molecule has 3 rings (SSSR count). The van der Waals surface area contributed by atoms with Gasteiger partial charge in [0.1, 0.15) is 5.69 Å². The molecule has 0 bridgehead atoms. The molecule has 6 heteroatoms. The highest BCUT2D eigenvalue weighted by atomic mass is 19.3. The molecule has 2 aromatic rings. The Hall–Kier alpha value is -2.34. The Bertz CT molecular complexity index is 780. The normalized spacial score (nSPS) is 20.0. The zero-order valence-corrected chi connectivity index (χ0v) is 13.9. The number of benzene rings is 1. The molecule has 0 aliphatic heterocycles. The van der Waals surface area contributed by atoms with E-state index in [2.05, 4.69) is 10.3 Å². The van der Waals surface area contributed by atoms with Gasteiger partial charge in [-0.2, -0.15) is 8.78 Å². The second kappa shape index (κ2) is 6.88. The lowest BCUT2D eigenvalue weighted by atomic mass is 9.80. The molecule has 0 spiro atoms. The smallest absolute Gasteiger partial charge is 0.366 e. The average molecular weight is 346 g/mol. The van der Waals surface area contributed by atoms with Crippen molar-refractivity contribution in [3.63, 3.8) is 0 Å². The van der Waals surface area contributed by atoms with E-state index in [1.165, 1.54) is 19.2 Å². The van der Waals surface area contributed by atoms with Crippen LogP contribution < -0.4 is 5.32 Å². The van der Waals surface area contributed by atoms with Crippen molar-refractivity contribution in [1.82, 2.24) is 10.3 Å². The van der Waals surface area contributed by atoms with Crippen LogP contribution in [0.4, 0.5) is 8.78 Å². The third kappa shape index (κ3) is 3.26. The minimum absolute atomic E-state index is 0.173. The number of nitrogens with one attached hydrogen (secondary N) is 1. The highest BCUT2D eigenvalue weighted by Gasteiger charge is 2.45. The van der Waals surface area contributed by atoms with Crippen molar-refractivity contribution >= 4 is 5.91 Å². The van der Waals surface area contributed by atoms with Crippen LogP contribution in [0.1, 0.15) is 34.8 Å². The molecule has 0 fully saturated rings. The summed E-state index contributed by atoms with van der Waals surface area (Å²) in [6.45, 7) is 1.32. The highest BCUT2D eigenvalue weighted by molar-refractivity contribution is 5.85. The minimum Gasteiger partial charge on any atom is -0.396 e. The van der Waals surface area contributed by atoms with E-state index in [-0.39, 0.29) is 18.1 Å². The number of nitrogens with zero attached hydrogens (tertiary/aromatic N) is 1. The van der Waals surface area contributed by atoms with Gasteiger partial charge in [0.2, 0.25) is 0 Å². The van der Waals surface area contributed by atoms with Gasteiger partial charge in [0.25, 0.3) is 5.91 Å². The van der Waals surface area contributed by atoms with Crippen molar-refractivity contribution in [2.24, 2.45) is 5.92 Å². The SMILES string of the molecule is Cc1cccnc1C(F)(F)C(=O)N[C@H]1c2ccccc2CC[C@H]1CO. The Morgan fingerprint density at radius 2 is 2.08 bits per heavy atom. The molecule has 25 heavy (non-hydrogen) atoms. The summed E-state index contributed by atoms with van der Waals surface area (Å²) < 4.78 is 29.3. The number of alkyl halides is 2. The van der Waals surface area contributed by atoms with E-state index < -0.39 is 23.6 Å². The van der Waals surface area contributed by atoms with E-state index >= 15 is 0 Å². The first-order valence-corrected chi connectivity index (χ1v) is 8.24. The molecule has 4 nitrogen and oxygen atoms in total. The number of carbonyl (C=O) groups excluding carboxylic acids is 1. The van der Waals surface area contributed by atoms with Gasteiger partial charge >= 0.3 is 5.92 Å². The van der Waals surface area contributed by atoms with Crippen LogP contribution in [0.15, 0.2) is 42.6 Å². The molecule has 0 saturated heterocycles. The van der Waals surface area contributed by atoms with Gasteiger partial charge < -0.3 is 10.4 Å². The number of hydrogen-bond acceptors (Lipinski definition) is 3. The summed E-state index contributed by atoms with van der Waals surface area (Å²) in [5.41, 5.74) is 1.51. The Kier molecular flexibility index (Phi) is 4.81. The monoisotopic (exact) mass is 346 g/mol. The summed E-state index contributed by atoms with van der Waals surface area (Å²) in [6.07, 6.45) is 2.63. The first-order chi connectivity index (χ1) is 11.9. The number of carbonyl (C=O) groups is 1. The standard InChI is InChI=1S/C19H20F2N2O2/c1-12-5-4-10-22-17(12)19(20,21)18(25)23-16-14(11-24)9-8-13-6-2-3-7-15(13)16/h2-7,10,14,16,24H,8-9,11H2,1H3,(H,23,25)/t14-,16+/m0/s1. The third-order valence-electron chi connectivity index (χ3n) is 4.76. The van der Waals surface area contributed by atoms with Crippen molar-refractivity contribution in [1.29, 1.82) is 0 Å². The van der Waals surface area contributed by atoms with Gasteiger partial charge in [0.05, 0.1) is 6.04 Å². The number of aromatic nitrogens is 1. The number of pyridine rings is 1. The molecule has 1 aliphatic carbocycles. The van der Waals surface area contributed by atoms with E-state index in [1.54, 1.807) is 12.1 Å². The molecular weight excluding hydrogens is 326 g/mol. The molecule has 1 aliphatic rings. The topological polar surface area (TPSA) is 62.2 Å². The predicted octanol–water partition coefficient (Wildman–Crippen LogP) is 2.89. The van der Waals surface area contributed by atoms with Gasteiger partial charge in [-0.15, -0.1) is 0 Å². The van der Waals surface area contributed by atoms with Crippen LogP contribution in [-0.4, -0.2) is 22.6 Å². The van der Waals surface area contributed by atoms with Gasteiger partial charge in [-0.25, -0.2) is 0 Å². The fourth-order valence-corrected chi connectivity index (χ4v) is 3.37. The van der Waals surface area contributed by atoms with Gasteiger partial charge in [0, 0.05) is 18.7 Å². The number of aryl methyl sites for hydroxylation is 2. The van der Waals surface area contributed by atoms with Crippen molar-refractivity contribution in [2.45, 2.75) is 31.7 Å². The lowest BCUT2D eigenvalue weighted by Gasteiger charge is -2.34. The summed E-state index contributed by atoms with van der Waals surface area (Å²) in [4.78, 5) is 16.1. The number of rotatable bonds is 4. The Morgan fingerprint density at radius 1 is 1.32 bits per heavy atom. The minimum atomic E-state index is -3.74. The van der Waals surface area contributed by atoms with Gasteiger partial charge in [0.15, 0.2) is 0 Å². The average Bonchev–Trinajstić information content (AvgIpc) is 2.62. The molecule has 2 N–H and O–H groups in total. The van der Waals surface area contributed by atoms with Crippen LogP contribution in [0.3, 0.4) is 0 Å². The molecule has 1 amide bonds. The number of hydrogen-bond donors (Lipinski definition) is 2. The zero-order valence-electron chi connectivity index (χ0n) is 13.9. The second-order valence-corrected chi connectivity index (χ2v) is 6.37. The number of amides is 1. The largest absolute Gasteiger partial charge is 0.396 e. The fourth-order valence-electron chi connectivity index (χ4n) is 3.37. The van der Waals surface area contributed by atoms with Crippen molar-refractivity contribution < 1.29 is 18.7 Å². The Morgan fingerprint density at radius 3 is 2.80 bits per heavy atom. The molecule has 0 unspecified atom stereocenters. The molecule has 1 aromatic heterocycles. The molecule has 0 radical (unpaired) electrons. The maximum Gasteiger partial charge on any atom is 0.366 e. The van der Waals surface area contributed by atoms with E-state index in [0.29, 0.717) is 6.42 Å². The molecule has 2 atom stereocenters. The van der Waals surface area contributed by atoms with Crippen LogP contribution in [0.5, 0.6) is 0 Å². The summed E-state index contributed by atoms with van der Waals surface area (Å²) in [6, 6.07) is 9.82. The summed E-state index contributed by atoms with van der Waals surface area (Å²) in [5, 5.41) is 12.1. The Labute approximate surface area is 144 Å². The predicted molar refractivity (Wildman–Crippen MR) is 89.1 cm³/mol. The van der Waals surface area contributed by atoms with Crippen LogP contribution in [0.25, 0.3) is 0 Å². The van der Waals surface area contributed by atoms with Crippen molar-refractivity contribution in [2.75, 3.05) is 6.61 Å². The van der Waals surface area contributed by atoms with Gasteiger partial charge in [-0.3, -0.25) is 9.78 Å². The Balaban J connectivity index is 1.90. The number of fused-ring (bicyclic) bond motifs is 1. The number of aliphatic hydroxyl groups is 1. The first-order valence-electron chi connectivity index (χ1n) is 8.24. The molecule has 0 saturated carbocycles. The number of aliphatic hydroxyl groups excluding tert-OH is 1. The van der Waals surface area contributed by atoms with Crippen LogP contribution in [0.2, 0.25) is 0 Å². The summed E-state index contributed by atoms with van der Waals surface area (Å²) in [5.74, 6) is -5.42. The van der Waals surface area contributed by atoms with E-state index in [1.807, 2.05) is 18.2 Å². The van der Waals surface area contributed by atoms with Crippen molar-refractivity contribution in [3.05, 3.63) is 65.0 Å². The number of halogens is 2. The summed E-state index contributed by atoms with van der Waals surface area (Å²) in [7, 11) is 0. The van der Waals surface area contributed by atoms with E-state index in [0.717, 1.165) is 17.5 Å². The van der Waals surface area contributed by atoms with E-state index in [4.69, 9.17) is 0 Å². The second-order valence-electron chi connectivity index (χ2n) is 6.37. The third-order valence-corrected chi connectivity index (χ3v) is 4.76. The molecular formula is C19H20F2N2O2. The lowest BCUT2D eigenvalue weighted by molar-refractivity contribution is -0.149. The highest BCUT2D eigenvalue weighted by Crippen LogP contribution is 2.36. The lowest BCUT2D eigenvalue weighted by Crippen LogP contribution is -2.45. The summed E-state index contributed by atoms with van der Waals surface area (Å²) >= 11 is 0. The van der Waals surface area contributed by atoms with E-state index in [9.17, 15) is 18.7 Å². The zero-order chi connectivity index (χ0) is 18.0. The van der Waals surface area contributed by atoms with Crippen LogP contribution in [-0.2, 0) is 17.1 Å². The first kappa shape index (κ1) is 17.5. The van der Waals surface area contributed by atoms with Crippen LogP contribution >= 0.6 is 0 Å². The fraction of sp³-hybridized carbons (Fsp3) is 0.368. The maximum absolute atomic E-state index is 14.6. The van der Waals surface area contributed by atoms with Gasteiger partial charge in [-0.1, -0.05) is 30.3 Å². The molecule has 1 heterocycles.